The molecule has 1 amide bonds. The number of benzene rings is 1. The number of nitrogens with one attached hydrogen (secondary N) is 1. The molecule has 22 heavy (non-hydrogen) atoms. The Bertz CT molecular complexity index is 612. The minimum absolute atomic E-state index is 0.0708. The number of alkyl carbamates (subject to hydrolysis) is 1. The van der Waals surface area contributed by atoms with E-state index in [4.69, 9.17) is 4.74 Å². The first-order valence-electron chi connectivity index (χ1n) is 6.40. The summed E-state index contributed by atoms with van der Waals surface area (Å²) in [6.07, 6.45) is -0.470. The number of nitro groups is 1. The maximum atomic E-state index is 13.4. The molecule has 0 radical (unpaired) electrons. The number of hydrogen-bond acceptors (Lipinski definition) is 5. The highest BCUT2D eigenvalue weighted by molar-refractivity contribution is 5.78. The van der Waals surface area contributed by atoms with Crippen LogP contribution in [0.1, 0.15) is 33.3 Å². The van der Waals surface area contributed by atoms with Crippen LogP contribution in [0.2, 0.25) is 0 Å². The smallest absolute Gasteiger partial charge is 0.408 e. The number of aldehydes is 1. The second-order valence-electron chi connectivity index (χ2n) is 5.87. The van der Waals surface area contributed by atoms with Crippen LogP contribution in [0.25, 0.3) is 0 Å². The van der Waals surface area contributed by atoms with Gasteiger partial charge in [0, 0.05) is 6.07 Å². The third kappa shape index (κ3) is 4.24. The molecule has 0 saturated heterocycles. The van der Waals surface area contributed by atoms with Crippen molar-refractivity contribution in [2.45, 2.75) is 38.8 Å². The highest BCUT2D eigenvalue weighted by Crippen LogP contribution is 2.26. The van der Waals surface area contributed by atoms with Crippen molar-refractivity contribution in [3.63, 3.8) is 0 Å². The van der Waals surface area contributed by atoms with Gasteiger partial charge in [0.25, 0.3) is 0 Å². The molecule has 120 valence electrons. The van der Waals surface area contributed by atoms with Gasteiger partial charge in [0.15, 0.2) is 0 Å². The largest absolute Gasteiger partial charge is 0.444 e. The average Bonchev–Trinajstić information content (AvgIpc) is 2.36. The molecular weight excluding hydrogens is 295 g/mol. The monoisotopic (exact) mass is 312 g/mol. The Kier molecular flexibility index (Phi) is 4.85. The Hall–Kier alpha value is -2.51. The van der Waals surface area contributed by atoms with Gasteiger partial charge in [0.05, 0.1) is 4.92 Å². The zero-order valence-corrected chi connectivity index (χ0v) is 12.7. The number of amides is 1. The molecule has 1 aromatic rings. The standard InChI is InChI=1S/C14H17FN2O5/c1-13(2,3)22-12(19)16-14(4,8-18)9-5-6-10(15)11(7-9)17(20)21/h5-8H,1-4H3,(H,16,19). The number of carbonyl (C=O) groups is 2. The van der Waals surface area contributed by atoms with Gasteiger partial charge >= 0.3 is 11.8 Å². The Morgan fingerprint density at radius 2 is 1.95 bits per heavy atom. The number of nitro benzene ring substituents is 1. The lowest BCUT2D eigenvalue weighted by molar-refractivity contribution is -0.387. The van der Waals surface area contributed by atoms with Gasteiger partial charge in [0.2, 0.25) is 5.82 Å². The number of halogens is 1. The molecule has 7 nitrogen and oxygen atoms in total. The van der Waals surface area contributed by atoms with Crippen LogP contribution in [0.15, 0.2) is 18.2 Å². The molecule has 0 spiro atoms. The van der Waals surface area contributed by atoms with E-state index in [0.717, 1.165) is 12.1 Å². The molecule has 0 aliphatic heterocycles. The molecule has 8 heteroatoms. The van der Waals surface area contributed by atoms with E-state index in [1.54, 1.807) is 20.8 Å². The van der Waals surface area contributed by atoms with Gasteiger partial charge < -0.3 is 14.8 Å². The summed E-state index contributed by atoms with van der Waals surface area (Å²) in [5.41, 5.74) is -3.07. The van der Waals surface area contributed by atoms with Crippen molar-refractivity contribution < 1.29 is 23.6 Å². The number of carbonyl (C=O) groups excluding carboxylic acids is 2. The molecule has 0 aromatic heterocycles. The average molecular weight is 312 g/mol. The van der Waals surface area contributed by atoms with E-state index in [9.17, 15) is 24.1 Å². The summed E-state index contributed by atoms with van der Waals surface area (Å²) >= 11 is 0. The summed E-state index contributed by atoms with van der Waals surface area (Å²) in [4.78, 5) is 33.0. The predicted octanol–water partition coefficient (Wildman–Crippen LogP) is 2.67. The molecule has 1 unspecified atom stereocenters. The summed E-state index contributed by atoms with van der Waals surface area (Å²) in [7, 11) is 0. The quantitative estimate of drug-likeness (QED) is 0.523. The van der Waals surface area contributed by atoms with Crippen molar-refractivity contribution >= 4 is 18.1 Å². The fourth-order valence-corrected chi connectivity index (χ4v) is 1.66. The summed E-state index contributed by atoms with van der Waals surface area (Å²) in [5.74, 6) is -1.03. The Morgan fingerprint density at radius 3 is 2.41 bits per heavy atom. The summed E-state index contributed by atoms with van der Waals surface area (Å²) in [5, 5.41) is 13.1. The maximum absolute atomic E-state index is 13.4. The molecule has 0 aliphatic rings. The predicted molar refractivity (Wildman–Crippen MR) is 75.8 cm³/mol. The van der Waals surface area contributed by atoms with Crippen LogP contribution >= 0.6 is 0 Å². The van der Waals surface area contributed by atoms with Gasteiger partial charge in [-0.05, 0) is 39.3 Å². The first-order chi connectivity index (χ1) is 9.98. The highest BCUT2D eigenvalue weighted by Gasteiger charge is 2.32. The van der Waals surface area contributed by atoms with Gasteiger partial charge in [-0.3, -0.25) is 10.1 Å². The van der Waals surface area contributed by atoms with Crippen LogP contribution in [0.3, 0.4) is 0 Å². The van der Waals surface area contributed by atoms with Crippen LogP contribution in [0, 0.1) is 15.9 Å². The van der Waals surface area contributed by atoms with E-state index in [1.165, 1.54) is 13.0 Å². The lowest BCUT2D eigenvalue weighted by atomic mass is 9.93. The molecule has 1 N–H and O–H groups in total. The van der Waals surface area contributed by atoms with E-state index in [0.29, 0.717) is 6.29 Å². The SMILES string of the molecule is CC(C)(C)OC(=O)NC(C)(C=O)c1ccc(F)c([N+](=O)[O-])c1. The summed E-state index contributed by atoms with van der Waals surface area (Å²) in [6, 6.07) is 2.96. The fraction of sp³-hybridized carbons (Fsp3) is 0.429. The van der Waals surface area contributed by atoms with Crippen molar-refractivity contribution in [1.82, 2.24) is 5.32 Å². The Morgan fingerprint density at radius 1 is 1.36 bits per heavy atom. The normalized spacial score (nSPS) is 13.9. The van der Waals surface area contributed by atoms with E-state index in [2.05, 4.69) is 5.32 Å². The van der Waals surface area contributed by atoms with Gasteiger partial charge in [-0.2, -0.15) is 4.39 Å². The number of ether oxygens (including phenoxy) is 1. The molecule has 1 atom stereocenters. The van der Waals surface area contributed by atoms with E-state index in [-0.39, 0.29) is 5.56 Å². The molecule has 0 bridgehead atoms. The number of nitrogens with zero attached hydrogens (tertiary/aromatic N) is 1. The molecule has 0 fully saturated rings. The van der Waals surface area contributed by atoms with Crippen LogP contribution in [-0.4, -0.2) is 22.9 Å². The molecular formula is C14H17FN2O5. The summed E-state index contributed by atoms with van der Waals surface area (Å²) in [6.45, 7) is 6.27. The van der Waals surface area contributed by atoms with E-state index >= 15 is 0 Å². The van der Waals surface area contributed by atoms with Gasteiger partial charge in [-0.25, -0.2) is 4.79 Å². The van der Waals surface area contributed by atoms with Crippen molar-refractivity contribution in [3.05, 3.63) is 39.7 Å². The molecule has 0 saturated carbocycles. The molecule has 0 aliphatic carbocycles. The Labute approximate surface area is 126 Å². The van der Waals surface area contributed by atoms with Crippen LogP contribution in [0.4, 0.5) is 14.9 Å². The van der Waals surface area contributed by atoms with Gasteiger partial charge in [-0.1, -0.05) is 6.07 Å². The zero-order chi connectivity index (χ0) is 17.1. The van der Waals surface area contributed by atoms with E-state index in [1.807, 2.05) is 0 Å². The van der Waals surface area contributed by atoms with Crippen molar-refractivity contribution in [2.24, 2.45) is 0 Å². The van der Waals surface area contributed by atoms with E-state index < -0.39 is 33.7 Å². The highest BCUT2D eigenvalue weighted by atomic mass is 19.1. The van der Waals surface area contributed by atoms with Crippen LogP contribution in [0.5, 0.6) is 0 Å². The minimum Gasteiger partial charge on any atom is -0.444 e. The maximum Gasteiger partial charge on any atom is 0.408 e. The molecule has 0 heterocycles. The van der Waals surface area contributed by atoms with Crippen molar-refractivity contribution in [1.29, 1.82) is 0 Å². The lowest BCUT2D eigenvalue weighted by Gasteiger charge is -2.27. The second-order valence-corrected chi connectivity index (χ2v) is 5.87. The first-order valence-corrected chi connectivity index (χ1v) is 6.40. The lowest BCUT2D eigenvalue weighted by Crippen LogP contribution is -2.47. The van der Waals surface area contributed by atoms with Crippen molar-refractivity contribution in [3.8, 4) is 0 Å². The zero-order valence-electron chi connectivity index (χ0n) is 12.7. The second kappa shape index (κ2) is 6.08. The molecule has 1 rings (SSSR count). The number of rotatable bonds is 4. The number of hydrogen-bond donors (Lipinski definition) is 1. The Balaban J connectivity index is 3.13. The minimum atomic E-state index is -1.58. The summed E-state index contributed by atoms with van der Waals surface area (Å²) < 4.78 is 18.4. The third-order valence-corrected chi connectivity index (χ3v) is 2.74. The first kappa shape index (κ1) is 17.5. The van der Waals surface area contributed by atoms with Gasteiger partial charge in [-0.15, -0.1) is 0 Å². The molecule has 1 aromatic carbocycles. The topological polar surface area (TPSA) is 98.5 Å². The van der Waals surface area contributed by atoms with Crippen LogP contribution in [-0.2, 0) is 15.1 Å². The fourth-order valence-electron chi connectivity index (χ4n) is 1.66. The van der Waals surface area contributed by atoms with Crippen LogP contribution < -0.4 is 5.32 Å². The third-order valence-electron chi connectivity index (χ3n) is 2.74. The van der Waals surface area contributed by atoms with Gasteiger partial charge in [0.1, 0.15) is 17.4 Å². The van der Waals surface area contributed by atoms with Crippen molar-refractivity contribution in [2.75, 3.05) is 0 Å².